The molecule has 268 valence electrons. The fourth-order valence-corrected chi connectivity index (χ4v) is 6.96. The summed E-state index contributed by atoms with van der Waals surface area (Å²) in [5, 5.41) is 2.89. The van der Waals surface area contributed by atoms with Crippen LogP contribution in [-0.4, -0.2) is 130 Å². The number of hydrogen-bond acceptors (Lipinski definition) is 10. The minimum absolute atomic E-state index is 0.0156. The van der Waals surface area contributed by atoms with Crippen LogP contribution in [0.4, 0.5) is 0 Å². The first-order chi connectivity index (χ1) is 23.3. The standard InChI is InChI=1S/C36H56N4O7S/c1-6-7-16-39(25-33(43-4)44-5)32(41)13-22-45-21-12-29-10-8-9-11-31(29)46-23-19-38-17-14-36(15-18-38)27-40(20-24-47-36)35(42)30-26-48-34(37-30)28(2)3/h8-11,26,28,33H,6-7,12-25,27H2,1-5H3. The summed E-state index contributed by atoms with van der Waals surface area (Å²) in [6.45, 7) is 13.3. The number of benzene rings is 1. The number of amides is 2. The number of methoxy groups -OCH3 is 2. The number of rotatable bonds is 19. The molecule has 0 atom stereocenters. The smallest absolute Gasteiger partial charge is 0.273 e. The van der Waals surface area contributed by atoms with E-state index in [-0.39, 0.29) is 17.4 Å². The van der Waals surface area contributed by atoms with Crippen molar-refractivity contribution in [3.63, 3.8) is 0 Å². The third-order valence-corrected chi connectivity index (χ3v) is 10.3. The Labute approximate surface area is 290 Å². The third-order valence-electron chi connectivity index (χ3n) is 9.18. The summed E-state index contributed by atoms with van der Waals surface area (Å²) in [7, 11) is 3.17. The fourth-order valence-electron chi connectivity index (χ4n) is 6.15. The minimum Gasteiger partial charge on any atom is -0.492 e. The maximum atomic E-state index is 13.2. The maximum Gasteiger partial charge on any atom is 0.273 e. The van der Waals surface area contributed by atoms with Crippen molar-refractivity contribution >= 4 is 23.2 Å². The zero-order valence-corrected chi connectivity index (χ0v) is 30.4. The van der Waals surface area contributed by atoms with Crippen LogP contribution >= 0.6 is 11.3 Å². The molecule has 2 aliphatic heterocycles. The van der Waals surface area contributed by atoms with Crippen LogP contribution in [0, 0.1) is 0 Å². The van der Waals surface area contributed by atoms with Gasteiger partial charge in [0.25, 0.3) is 5.91 Å². The Kier molecular flexibility index (Phi) is 15.6. The molecule has 2 amide bonds. The van der Waals surface area contributed by atoms with Gasteiger partial charge in [0.1, 0.15) is 18.1 Å². The summed E-state index contributed by atoms with van der Waals surface area (Å²) in [4.78, 5) is 36.8. The molecule has 0 aliphatic carbocycles. The molecule has 0 radical (unpaired) electrons. The number of thiazole rings is 1. The molecule has 1 aromatic carbocycles. The van der Waals surface area contributed by atoms with Gasteiger partial charge in [-0.05, 0) is 37.3 Å². The van der Waals surface area contributed by atoms with Gasteiger partial charge in [0.05, 0.1) is 49.9 Å². The van der Waals surface area contributed by atoms with Crippen molar-refractivity contribution in [2.45, 2.75) is 77.1 Å². The second-order valence-electron chi connectivity index (χ2n) is 13.0. The molecule has 2 aliphatic rings. The summed E-state index contributed by atoms with van der Waals surface area (Å²) in [6, 6.07) is 8.08. The monoisotopic (exact) mass is 688 g/mol. The van der Waals surface area contributed by atoms with Crippen molar-refractivity contribution in [2.75, 3.05) is 86.5 Å². The number of nitrogens with zero attached hydrogens (tertiary/aromatic N) is 4. The molecular weight excluding hydrogens is 632 g/mol. The lowest BCUT2D eigenvalue weighted by Crippen LogP contribution is -2.58. The fraction of sp³-hybridized carbons (Fsp3) is 0.694. The molecule has 48 heavy (non-hydrogen) atoms. The molecular formula is C36H56N4O7S. The maximum absolute atomic E-state index is 13.2. The Morgan fingerprint density at radius 3 is 2.56 bits per heavy atom. The molecule has 1 aromatic heterocycles. The molecule has 0 unspecified atom stereocenters. The van der Waals surface area contributed by atoms with Crippen LogP contribution in [0.5, 0.6) is 5.75 Å². The number of piperidine rings is 1. The van der Waals surface area contributed by atoms with Crippen molar-refractivity contribution in [1.82, 2.24) is 19.7 Å². The Balaban J connectivity index is 1.16. The van der Waals surface area contributed by atoms with Crippen molar-refractivity contribution in [2.24, 2.45) is 0 Å². The van der Waals surface area contributed by atoms with Gasteiger partial charge in [-0.2, -0.15) is 0 Å². The van der Waals surface area contributed by atoms with E-state index in [4.69, 9.17) is 23.7 Å². The van der Waals surface area contributed by atoms with E-state index < -0.39 is 6.29 Å². The zero-order chi connectivity index (χ0) is 34.4. The van der Waals surface area contributed by atoms with E-state index in [1.54, 1.807) is 30.5 Å². The second-order valence-corrected chi connectivity index (χ2v) is 13.9. The first kappa shape index (κ1) is 38.2. The van der Waals surface area contributed by atoms with Crippen molar-refractivity contribution in [3.05, 3.63) is 45.9 Å². The Hall–Kier alpha value is -2.61. The number of likely N-dealkylation sites (tertiary alicyclic amines) is 1. The van der Waals surface area contributed by atoms with Crippen LogP contribution < -0.4 is 4.74 Å². The highest BCUT2D eigenvalue weighted by atomic mass is 32.1. The van der Waals surface area contributed by atoms with Gasteiger partial charge in [0.2, 0.25) is 5.91 Å². The first-order valence-electron chi connectivity index (χ1n) is 17.5. The number of ether oxygens (including phenoxy) is 5. The lowest BCUT2D eigenvalue weighted by molar-refractivity contribution is -0.146. The predicted octanol–water partition coefficient (Wildman–Crippen LogP) is 4.85. The summed E-state index contributed by atoms with van der Waals surface area (Å²) >= 11 is 1.56. The van der Waals surface area contributed by atoms with Gasteiger partial charge in [-0.1, -0.05) is 45.4 Å². The summed E-state index contributed by atoms with van der Waals surface area (Å²) in [6.07, 6.45) is 4.31. The number of hydrogen-bond donors (Lipinski definition) is 0. The number of para-hydroxylation sites is 1. The minimum atomic E-state index is -0.434. The number of carbonyl (C=O) groups is 2. The van der Waals surface area contributed by atoms with Crippen LogP contribution in [0.15, 0.2) is 29.6 Å². The molecule has 4 rings (SSSR count). The predicted molar refractivity (Wildman–Crippen MR) is 187 cm³/mol. The van der Waals surface area contributed by atoms with Crippen LogP contribution in [0.3, 0.4) is 0 Å². The third kappa shape index (κ3) is 11.2. The van der Waals surface area contributed by atoms with E-state index in [1.165, 1.54) is 0 Å². The summed E-state index contributed by atoms with van der Waals surface area (Å²) in [5.74, 6) is 1.25. The Bertz CT molecular complexity index is 1260. The summed E-state index contributed by atoms with van der Waals surface area (Å²) < 4.78 is 29.0. The van der Waals surface area contributed by atoms with E-state index in [0.29, 0.717) is 77.1 Å². The normalized spacial score (nSPS) is 16.6. The molecule has 0 saturated carbocycles. The van der Waals surface area contributed by atoms with Gasteiger partial charge in [-0.25, -0.2) is 4.98 Å². The highest BCUT2D eigenvalue weighted by molar-refractivity contribution is 7.09. The topological polar surface area (TPSA) is 103 Å². The molecule has 0 bridgehead atoms. The summed E-state index contributed by atoms with van der Waals surface area (Å²) in [5.41, 5.74) is 1.36. The molecule has 0 N–H and O–H groups in total. The Morgan fingerprint density at radius 1 is 1.08 bits per heavy atom. The van der Waals surface area contributed by atoms with Gasteiger partial charge < -0.3 is 33.5 Å². The zero-order valence-electron chi connectivity index (χ0n) is 29.6. The molecule has 2 fully saturated rings. The van der Waals surface area contributed by atoms with Crippen LogP contribution in [0.25, 0.3) is 0 Å². The highest BCUT2D eigenvalue weighted by Gasteiger charge is 2.41. The molecule has 2 aromatic rings. The molecule has 3 heterocycles. The van der Waals surface area contributed by atoms with Crippen LogP contribution in [-0.2, 0) is 30.2 Å². The molecule has 1 spiro atoms. The average Bonchev–Trinajstić information content (AvgIpc) is 3.61. The van der Waals surface area contributed by atoms with E-state index in [9.17, 15) is 9.59 Å². The number of unbranched alkanes of at least 4 members (excludes halogenated alkanes) is 1. The molecule has 11 nitrogen and oxygen atoms in total. The molecule has 12 heteroatoms. The van der Waals surface area contributed by atoms with Gasteiger partial charge in [0.15, 0.2) is 6.29 Å². The Morgan fingerprint density at radius 2 is 1.85 bits per heavy atom. The van der Waals surface area contributed by atoms with Crippen molar-refractivity contribution < 1.29 is 33.3 Å². The van der Waals surface area contributed by atoms with Gasteiger partial charge in [-0.3, -0.25) is 14.5 Å². The lowest BCUT2D eigenvalue weighted by Gasteiger charge is -2.47. The van der Waals surface area contributed by atoms with Gasteiger partial charge >= 0.3 is 0 Å². The van der Waals surface area contributed by atoms with E-state index in [2.05, 4.69) is 36.7 Å². The van der Waals surface area contributed by atoms with E-state index in [1.807, 2.05) is 28.5 Å². The second kappa shape index (κ2) is 19.5. The van der Waals surface area contributed by atoms with Crippen molar-refractivity contribution in [1.29, 1.82) is 0 Å². The van der Waals surface area contributed by atoms with Gasteiger partial charge in [0, 0.05) is 58.2 Å². The number of morpholine rings is 1. The van der Waals surface area contributed by atoms with Gasteiger partial charge in [-0.15, -0.1) is 11.3 Å². The number of aromatic nitrogens is 1. The van der Waals surface area contributed by atoms with E-state index >= 15 is 0 Å². The average molecular weight is 689 g/mol. The number of carbonyl (C=O) groups excluding carboxylic acids is 2. The van der Waals surface area contributed by atoms with Crippen molar-refractivity contribution in [3.8, 4) is 5.75 Å². The first-order valence-corrected chi connectivity index (χ1v) is 18.4. The highest BCUT2D eigenvalue weighted by Crippen LogP contribution is 2.31. The molecule has 2 saturated heterocycles. The largest absolute Gasteiger partial charge is 0.492 e. The SMILES string of the molecule is CCCCN(CC(OC)OC)C(=O)CCOCCc1ccccc1OCCN1CCC2(CC1)CN(C(=O)c1csc(C(C)C)n1)CCO2. The quantitative estimate of drug-likeness (QED) is 0.151. The van der Waals surface area contributed by atoms with E-state index in [0.717, 1.165) is 61.6 Å². The van der Waals surface area contributed by atoms with Crippen LogP contribution in [0.1, 0.15) is 79.9 Å². The lowest BCUT2D eigenvalue weighted by atomic mass is 9.89. The van der Waals surface area contributed by atoms with Crippen LogP contribution in [0.2, 0.25) is 0 Å².